The van der Waals surface area contributed by atoms with Crippen molar-refractivity contribution in [2.75, 3.05) is 13.2 Å². The Morgan fingerprint density at radius 3 is 2.65 bits per heavy atom. The fourth-order valence-corrected chi connectivity index (χ4v) is 4.07. The number of nitrogens with zero attached hydrogens (tertiary/aromatic N) is 3. The van der Waals surface area contributed by atoms with Crippen LogP contribution in [0.15, 0.2) is 71.8 Å². The van der Waals surface area contributed by atoms with Gasteiger partial charge >= 0.3 is 0 Å². The van der Waals surface area contributed by atoms with E-state index in [1.165, 1.54) is 4.68 Å². The van der Waals surface area contributed by atoms with E-state index in [1.54, 1.807) is 18.5 Å². The van der Waals surface area contributed by atoms with Gasteiger partial charge in [0.15, 0.2) is 11.5 Å². The van der Waals surface area contributed by atoms with Crippen molar-refractivity contribution in [1.29, 1.82) is 0 Å². The molecule has 0 aliphatic carbocycles. The van der Waals surface area contributed by atoms with Gasteiger partial charge in [0.2, 0.25) is 5.91 Å². The van der Waals surface area contributed by atoms with E-state index >= 15 is 0 Å². The van der Waals surface area contributed by atoms with Crippen LogP contribution in [0.5, 0.6) is 11.5 Å². The first-order valence-electron chi connectivity index (χ1n) is 11.1. The Kier molecular flexibility index (Phi) is 5.95. The molecule has 1 aliphatic heterocycles. The van der Waals surface area contributed by atoms with Gasteiger partial charge in [0.25, 0.3) is 5.56 Å². The molecule has 0 fully saturated rings. The van der Waals surface area contributed by atoms with Gasteiger partial charge in [0.05, 0.1) is 17.1 Å². The normalized spacial score (nSPS) is 13.4. The Morgan fingerprint density at radius 1 is 1.06 bits per heavy atom. The van der Waals surface area contributed by atoms with Crippen molar-refractivity contribution in [1.82, 2.24) is 20.1 Å². The highest BCUT2D eigenvalue weighted by Crippen LogP contribution is 2.32. The minimum absolute atomic E-state index is 0.182. The van der Waals surface area contributed by atoms with E-state index in [0.717, 1.165) is 22.2 Å². The first-order valence-corrected chi connectivity index (χ1v) is 11.1. The highest BCUT2D eigenvalue weighted by molar-refractivity contribution is 5.84. The van der Waals surface area contributed by atoms with Crippen LogP contribution in [0.3, 0.4) is 0 Å². The van der Waals surface area contributed by atoms with Crippen LogP contribution in [0.4, 0.5) is 0 Å². The minimum atomic E-state index is -0.306. The van der Waals surface area contributed by atoms with E-state index in [-0.39, 0.29) is 24.1 Å². The van der Waals surface area contributed by atoms with E-state index < -0.39 is 0 Å². The van der Waals surface area contributed by atoms with Crippen molar-refractivity contribution >= 4 is 16.7 Å². The van der Waals surface area contributed by atoms with Crippen LogP contribution in [0, 0.1) is 0 Å². The largest absolute Gasteiger partial charge is 0.486 e. The lowest BCUT2D eigenvalue weighted by atomic mass is 10.1. The summed E-state index contributed by atoms with van der Waals surface area (Å²) in [5, 5.41) is 8.81. The smallest absolute Gasteiger partial charge is 0.275 e. The van der Waals surface area contributed by atoms with E-state index in [4.69, 9.17) is 9.47 Å². The number of rotatable bonds is 6. The van der Waals surface area contributed by atoms with Gasteiger partial charge in [0.1, 0.15) is 19.8 Å². The standard InChI is InChI=1S/C26H24N4O4/c1-17(19-8-9-23-24(14-19)34-12-11-33-23)28-25(31)16-30-26(32)21-7-3-2-6-20(21)22(29-30)13-18-5-4-10-27-15-18/h2-10,14-15,17H,11-13,16H2,1H3,(H,28,31). The fourth-order valence-electron chi connectivity index (χ4n) is 4.07. The molecule has 0 saturated heterocycles. The lowest BCUT2D eigenvalue weighted by Gasteiger charge is -2.21. The lowest BCUT2D eigenvalue weighted by molar-refractivity contribution is -0.122. The molecule has 5 rings (SSSR count). The number of carbonyl (C=O) groups is 1. The van der Waals surface area contributed by atoms with E-state index in [9.17, 15) is 9.59 Å². The zero-order chi connectivity index (χ0) is 23.5. The number of nitrogens with one attached hydrogen (secondary N) is 1. The molecule has 2 aromatic heterocycles. The second kappa shape index (κ2) is 9.35. The topological polar surface area (TPSA) is 95.3 Å². The summed E-state index contributed by atoms with van der Waals surface area (Å²) >= 11 is 0. The monoisotopic (exact) mass is 456 g/mol. The average molecular weight is 457 g/mol. The van der Waals surface area contributed by atoms with Gasteiger partial charge in [0, 0.05) is 24.2 Å². The number of carbonyl (C=O) groups excluding carboxylic acids is 1. The molecule has 2 aromatic carbocycles. The summed E-state index contributed by atoms with van der Waals surface area (Å²) in [7, 11) is 0. The minimum Gasteiger partial charge on any atom is -0.486 e. The number of amides is 1. The van der Waals surface area contributed by atoms with Crippen molar-refractivity contribution in [3.05, 3.63) is 94.2 Å². The van der Waals surface area contributed by atoms with Gasteiger partial charge in [-0.15, -0.1) is 0 Å². The molecule has 0 saturated carbocycles. The highest BCUT2D eigenvalue weighted by Gasteiger charge is 2.18. The summed E-state index contributed by atoms with van der Waals surface area (Å²) in [5.41, 5.74) is 2.28. The van der Waals surface area contributed by atoms with Crippen molar-refractivity contribution in [2.24, 2.45) is 0 Å². The highest BCUT2D eigenvalue weighted by atomic mass is 16.6. The van der Waals surface area contributed by atoms with Crippen LogP contribution in [0.25, 0.3) is 10.8 Å². The zero-order valence-corrected chi connectivity index (χ0v) is 18.7. The number of ether oxygens (including phenoxy) is 2. The summed E-state index contributed by atoms with van der Waals surface area (Å²) < 4.78 is 12.4. The third-order valence-corrected chi connectivity index (χ3v) is 5.78. The number of aromatic nitrogens is 3. The van der Waals surface area contributed by atoms with Crippen molar-refractivity contribution < 1.29 is 14.3 Å². The summed E-state index contributed by atoms with van der Waals surface area (Å²) in [6.07, 6.45) is 3.99. The molecule has 1 unspecified atom stereocenters. The first-order chi connectivity index (χ1) is 16.6. The third kappa shape index (κ3) is 4.47. The molecule has 34 heavy (non-hydrogen) atoms. The molecule has 0 spiro atoms. The predicted octanol–water partition coefficient (Wildman–Crippen LogP) is 3.03. The number of pyridine rings is 1. The molecular weight excluding hydrogens is 432 g/mol. The van der Waals surface area contributed by atoms with Crippen molar-refractivity contribution in [2.45, 2.75) is 25.9 Å². The lowest BCUT2D eigenvalue weighted by Crippen LogP contribution is -2.35. The van der Waals surface area contributed by atoms with Gasteiger partial charge in [-0.2, -0.15) is 5.10 Å². The first kappa shape index (κ1) is 21.6. The molecule has 1 aliphatic rings. The van der Waals surface area contributed by atoms with Gasteiger partial charge in [-0.25, -0.2) is 4.68 Å². The van der Waals surface area contributed by atoms with Gasteiger partial charge in [-0.3, -0.25) is 14.6 Å². The van der Waals surface area contributed by atoms with Crippen LogP contribution in [-0.2, 0) is 17.8 Å². The number of fused-ring (bicyclic) bond motifs is 2. The molecule has 0 bridgehead atoms. The molecule has 1 N–H and O–H groups in total. The summed E-state index contributed by atoms with van der Waals surface area (Å²) in [6.45, 7) is 2.72. The summed E-state index contributed by atoms with van der Waals surface area (Å²) in [6, 6.07) is 16.5. The number of benzene rings is 2. The van der Waals surface area contributed by atoms with Crippen LogP contribution in [-0.4, -0.2) is 33.9 Å². The SMILES string of the molecule is CC(NC(=O)Cn1nc(Cc2cccnc2)c2ccccc2c1=O)c1ccc2c(c1)OCCO2. The fraction of sp³-hybridized carbons (Fsp3) is 0.231. The molecule has 8 nitrogen and oxygen atoms in total. The second-order valence-corrected chi connectivity index (χ2v) is 8.19. The van der Waals surface area contributed by atoms with Gasteiger partial charge in [-0.1, -0.05) is 30.3 Å². The summed E-state index contributed by atoms with van der Waals surface area (Å²) in [4.78, 5) is 30.1. The van der Waals surface area contributed by atoms with Crippen molar-refractivity contribution in [3.8, 4) is 11.5 Å². The molecule has 1 atom stereocenters. The average Bonchev–Trinajstić information content (AvgIpc) is 2.87. The maximum absolute atomic E-state index is 13.1. The predicted molar refractivity (Wildman–Crippen MR) is 127 cm³/mol. The maximum Gasteiger partial charge on any atom is 0.275 e. The molecular formula is C26H24N4O4. The second-order valence-electron chi connectivity index (χ2n) is 8.19. The number of hydrogen-bond acceptors (Lipinski definition) is 6. The Bertz CT molecular complexity index is 1400. The molecule has 1 amide bonds. The van der Waals surface area contributed by atoms with Crippen LogP contribution in [0.2, 0.25) is 0 Å². The molecule has 3 heterocycles. The quantitative estimate of drug-likeness (QED) is 0.479. The van der Waals surface area contributed by atoms with Gasteiger partial charge in [-0.05, 0) is 42.3 Å². The Balaban J connectivity index is 1.38. The summed E-state index contributed by atoms with van der Waals surface area (Å²) in [5.74, 6) is 1.05. The Hall–Kier alpha value is -4.20. The molecule has 4 aromatic rings. The van der Waals surface area contributed by atoms with E-state index in [2.05, 4.69) is 15.4 Å². The molecule has 8 heteroatoms. The van der Waals surface area contributed by atoms with E-state index in [1.807, 2.05) is 55.5 Å². The zero-order valence-electron chi connectivity index (χ0n) is 18.7. The van der Waals surface area contributed by atoms with Crippen LogP contribution in [0.1, 0.15) is 29.8 Å². The Labute approximate surface area is 196 Å². The van der Waals surface area contributed by atoms with Crippen molar-refractivity contribution in [3.63, 3.8) is 0 Å². The Morgan fingerprint density at radius 2 is 1.85 bits per heavy atom. The number of hydrogen-bond donors (Lipinski definition) is 1. The molecule has 0 radical (unpaired) electrons. The third-order valence-electron chi connectivity index (χ3n) is 5.78. The van der Waals surface area contributed by atoms with Crippen LogP contribution < -0.4 is 20.3 Å². The van der Waals surface area contributed by atoms with Crippen LogP contribution >= 0.6 is 0 Å². The maximum atomic E-state index is 13.1. The van der Waals surface area contributed by atoms with E-state index in [0.29, 0.717) is 36.5 Å². The molecule has 172 valence electrons. The van der Waals surface area contributed by atoms with Gasteiger partial charge < -0.3 is 14.8 Å².